The number of aryl methyl sites for hydroxylation is 1. The summed E-state index contributed by atoms with van der Waals surface area (Å²) < 4.78 is 23.2. The van der Waals surface area contributed by atoms with E-state index in [0.717, 1.165) is 28.3 Å². The number of thioether (sulfide) groups is 1. The Bertz CT molecular complexity index is 1310. The number of amides is 1. The number of carbonyl (C=O) groups excluding carboxylic acids is 1. The number of hydrogen-bond acceptors (Lipinski definition) is 8. The molecule has 0 atom stereocenters. The van der Waals surface area contributed by atoms with Crippen molar-refractivity contribution in [2.75, 3.05) is 27.8 Å². The van der Waals surface area contributed by atoms with Crippen molar-refractivity contribution in [2.45, 2.75) is 30.1 Å². The first kappa shape index (κ1) is 23.0. The van der Waals surface area contributed by atoms with Crippen molar-refractivity contribution < 1.29 is 13.2 Å². The summed E-state index contributed by atoms with van der Waals surface area (Å²) in [5, 5.41) is 11.5. The molecular formula is C22H24N6O3S2. The van der Waals surface area contributed by atoms with Gasteiger partial charge in [0.2, 0.25) is 21.9 Å². The van der Waals surface area contributed by atoms with Gasteiger partial charge in [0.05, 0.1) is 16.3 Å². The summed E-state index contributed by atoms with van der Waals surface area (Å²) in [6, 6.07) is 12.0. The monoisotopic (exact) mass is 484 g/mol. The van der Waals surface area contributed by atoms with Gasteiger partial charge >= 0.3 is 0 Å². The molecule has 0 bridgehead atoms. The number of carbonyl (C=O) groups is 1. The predicted molar refractivity (Wildman–Crippen MR) is 131 cm³/mol. The highest BCUT2D eigenvalue weighted by Crippen LogP contribution is 2.38. The largest absolute Gasteiger partial charge is 0.340 e. The van der Waals surface area contributed by atoms with E-state index in [1.165, 1.54) is 12.1 Å². The SMILES string of the molecule is CCCN1C(=O)CSc2ccc(Nc3nc(Nc4cccc(S(N)(=O)=O)c4)ncc3C)cc21. The van der Waals surface area contributed by atoms with E-state index < -0.39 is 10.0 Å². The Kier molecular flexibility index (Phi) is 6.54. The Labute approximate surface area is 196 Å². The molecule has 1 amide bonds. The molecular weight excluding hydrogens is 460 g/mol. The van der Waals surface area contributed by atoms with Crippen molar-refractivity contribution in [3.63, 3.8) is 0 Å². The lowest BCUT2D eigenvalue weighted by molar-refractivity contribution is -0.116. The van der Waals surface area contributed by atoms with Crippen molar-refractivity contribution in [3.8, 4) is 0 Å². The van der Waals surface area contributed by atoms with Gasteiger partial charge in [0.1, 0.15) is 5.82 Å². The van der Waals surface area contributed by atoms with Crippen LogP contribution in [0.5, 0.6) is 0 Å². The fourth-order valence-electron chi connectivity index (χ4n) is 3.39. The topological polar surface area (TPSA) is 130 Å². The molecule has 4 N–H and O–H groups in total. The van der Waals surface area contributed by atoms with Crippen LogP contribution in [0.3, 0.4) is 0 Å². The third-order valence-corrected chi connectivity index (χ3v) is 6.96. The van der Waals surface area contributed by atoms with E-state index in [4.69, 9.17) is 5.14 Å². The van der Waals surface area contributed by atoms with Crippen LogP contribution in [0.15, 0.2) is 58.5 Å². The second-order valence-corrected chi connectivity index (χ2v) is 10.1. The van der Waals surface area contributed by atoms with Gasteiger partial charge < -0.3 is 15.5 Å². The van der Waals surface area contributed by atoms with Gasteiger partial charge in [-0.3, -0.25) is 4.79 Å². The Morgan fingerprint density at radius 3 is 2.70 bits per heavy atom. The lowest BCUT2D eigenvalue weighted by Gasteiger charge is -2.29. The maximum Gasteiger partial charge on any atom is 0.238 e. The lowest BCUT2D eigenvalue weighted by atomic mass is 10.2. The molecule has 3 aromatic rings. The molecule has 1 aliphatic rings. The summed E-state index contributed by atoms with van der Waals surface area (Å²) in [6.45, 7) is 4.61. The Balaban J connectivity index is 1.59. The quantitative estimate of drug-likeness (QED) is 0.462. The first-order valence-electron chi connectivity index (χ1n) is 10.3. The van der Waals surface area contributed by atoms with Crippen LogP contribution in [0.1, 0.15) is 18.9 Å². The molecule has 0 radical (unpaired) electrons. The number of aromatic nitrogens is 2. The van der Waals surface area contributed by atoms with Crippen LogP contribution < -0.4 is 20.7 Å². The average molecular weight is 485 g/mol. The fourth-order valence-corrected chi connectivity index (χ4v) is 4.87. The zero-order chi connectivity index (χ0) is 23.6. The van der Waals surface area contributed by atoms with E-state index in [9.17, 15) is 13.2 Å². The van der Waals surface area contributed by atoms with E-state index in [0.29, 0.717) is 29.8 Å². The highest BCUT2D eigenvalue weighted by atomic mass is 32.2. The molecule has 0 spiro atoms. The van der Waals surface area contributed by atoms with Crippen molar-refractivity contribution in [1.29, 1.82) is 0 Å². The molecule has 4 rings (SSSR count). The molecule has 172 valence electrons. The number of benzene rings is 2. The Morgan fingerprint density at radius 1 is 1.15 bits per heavy atom. The molecule has 33 heavy (non-hydrogen) atoms. The van der Waals surface area contributed by atoms with Gasteiger partial charge in [-0.15, -0.1) is 11.8 Å². The van der Waals surface area contributed by atoms with Crippen LogP contribution in [0.4, 0.5) is 28.8 Å². The molecule has 11 heteroatoms. The molecule has 0 fully saturated rings. The smallest absolute Gasteiger partial charge is 0.238 e. The number of anilines is 5. The lowest BCUT2D eigenvalue weighted by Crippen LogP contribution is -2.35. The number of hydrogen-bond donors (Lipinski definition) is 3. The summed E-state index contributed by atoms with van der Waals surface area (Å²) >= 11 is 1.54. The van der Waals surface area contributed by atoms with Gasteiger partial charge in [0, 0.05) is 34.6 Å². The molecule has 0 saturated heterocycles. The minimum atomic E-state index is -3.82. The van der Waals surface area contributed by atoms with Crippen LogP contribution in [-0.2, 0) is 14.8 Å². The number of nitrogens with zero attached hydrogens (tertiary/aromatic N) is 3. The highest BCUT2D eigenvalue weighted by Gasteiger charge is 2.24. The molecule has 1 aromatic heterocycles. The van der Waals surface area contributed by atoms with Gasteiger partial charge in [0.15, 0.2) is 0 Å². The summed E-state index contributed by atoms with van der Waals surface area (Å²) in [4.78, 5) is 24.1. The molecule has 9 nitrogen and oxygen atoms in total. The molecule has 0 saturated carbocycles. The maximum atomic E-state index is 12.4. The standard InChI is InChI=1S/C22H24N6O3S2/c1-3-9-28-18-11-16(7-8-19(18)32-13-20(28)29)25-21-14(2)12-24-22(27-21)26-15-5-4-6-17(10-15)33(23,30)31/h4-8,10-12H,3,9,13H2,1-2H3,(H2,23,30,31)(H2,24,25,26,27). The van der Waals surface area contributed by atoms with Crippen molar-refractivity contribution >= 4 is 56.5 Å². The Morgan fingerprint density at radius 2 is 1.94 bits per heavy atom. The number of fused-ring (bicyclic) bond motifs is 1. The minimum absolute atomic E-state index is 0.00364. The number of primary sulfonamides is 1. The summed E-state index contributed by atoms with van der Waals surface area (Å²) in [7, 11) is -3.82. The zero-order valence-electron chi connectivity index (χ0n) is 18.2. The van der Waals surface area contributed by atoms with E-state index in [1.54, 1.807) is 30.1 Å². The molecule has 0 unspecified atom stereocenters. The van der Waals surface area contributed by atoms with Crippen LogP contribution >= 0.6 is 11.8 Å². The van der Waals surface area contributed by atoms with Gasteiger partial charge in [-0.2, -0.15) is 4.98 Å². The number of nitrogens with two attached hydrogens (primary N) is 1. The van der Waals surface area contributed by atoms with Crippen LogP contribution in [0.2, 0.25) is 0 Å². The van der Waals surface area contributed by atoms with Crippen LogP contribution in [-0.4, -0.2) is 36.6 Å². The zero-order valence-corrected chi connectivity index (χ0v) is 19.8. The first-order valence-corrected chi connectivity index (χ1v) is 12.9. The minimum Gasteiger partial charge on any atom is -0.340 e. The third-order valence-electron chi connectivity index (χ3n) is 5.00. The summed E-state index contributed by atoms with van der Waals surface area (Å²) in [5.41, 5.74) is 3.02. The van der Waals surface area contributed by atoms with Crippen LogP contribution in [0, 0.1) is 6.92 Å². The normalized spacial score (nSPS) is 13.5. The second-order valence-electron chi connectivity index (χ2n) is 7.56. The second kappa shape index (κ2) is 9.38. The van der Waals surface area contributed by atoms with E-state index in [-0.39, 0.29) is 10.8 Å². The summed E-state index contributed by atoms with van der Waals surface area (Å²) in [6.07, 6.45) is 2.54. The van der Waals surface area contributed by atoms with Crippen LogP contribution in [0.25, 0.3) is 0 Å². The predicted octanol–water partition coefficient (Wildman–Crippen LogP) is 3.77. The third kappa shape index (κ3) is 5.27. The fraction of sp³-hybridized carbons (Fsp3) is 0.227. The number of rotatable bonds is 7. The highest BCUT2D eigenvalue weighted by molar-refractivity contribution is 8.00. The number of sulfonamides is 1. The van der Waals surface area contributed by atoms with Crippen molar-refractivity contribution in [1.82, 2.24) is 9.97 Å². The average Bonchev–Trinajstić information content (AvgIpc) is 2.78. The summed E-state index contributed by atoms with van der Waals surface area (Å²) in [5.74, 6) is 1.45. The van der Waals surface area contributed by atoms with Crippen molar-refractivity contribution in [2.24, 2.45) is 5.14 Å². The van der Waals surface area contributed by atoms with Crippen molar-refractivity contribution in [3.05, 3.63) is 54.2 Å². The molecule has 2 aromatic carbocycles. The maximum absolute atomic E-state index is 12.4. The molecule has 1 aliphatic heterocycles. The van der Waals surface area contributed by atoms with E-state index in [2.05, 4.69) is 20.6 Å². The Hall–Kier alpha value is -3.15. The number of nitrogens with one attached hydrogen (secondary N) is 2. The first-order chi connectivity index (χ1) is 15.7. The van der Waals surface area contributed by atoms with Gasteiger partial charge in [-0.05, 0) is 49.7 Å². The molecule has 0 aliphatic carbocycles. The van der Waals surface area contributed by atoms with Gasteiger partial charge in [-0.1, -0.05) is 13.0 Å². The van der Waals surface area contributed by atoms with Gasteiger partial charge in [0.25, 0.3) is 0 Å². The molecule has 2 heterocycles. The van der Waals surface area contributed by atoms with Gasteiger partial charge in [-0.25, -0.2) is 18.5 Å². The van der Waals surface area contributed by atoms with E-state index >= 15 is 0 Å². The van der Waals surface area contributed by atoms with E-state index in [1.807, 2.05) is 36.9 Å².